The van der Waals surface area contributed by atoms with Crippen LogP contribution in [-0.2, 0) is 4.74 Å². The van der Waals surface area contributed by atoms with Gasteiger partial charge in [-0.25, -0.2) is 0 Å². The molecule has 1 saturated heterocycles. The van der Waals surface area contributed by atoms with Crippen LogP contribution in [0.4, 0.5) is 0 Å². The van der Waals surface area contributed by atoms with E-state index >= 15 is 0 Å². The molecule has 1 saturated carbocycles. The smallest absolute Gasteiger partial charge is 0.138 e. The van der Waals surface area contributed by atoms with Crippen molar-refractivity contribution in [2.24, 2.45) is 0 Å². The fourth-order valence-corrected chi connectivity index (χ4v) is 2.61. The molecule has 4 nitrogen and oxygen atoms in total. The molecule has 0 amide bonds. The van der Waals surface area contributed by atoms with Crippen molar-refractivity contribution in [1.29, 1.82) is 0 Å². The molecule has 0 aromatic carbocycles. The van der Waals surface area contributed by atoms with Gasteiger partial charge in [-0.05, 0) is 12.8 Å². The zero-order chi connectivity index (χ0) is 8.93. The molecular weight excluding hydrogens is 251 g/mol. The SMILES string of the molecule is C1CC[C@H]2[NH2+]CCOCC[NH2+][C@@H]2C1.O.[Cl-].[Cl-]. The Balaban J connectivity index is 0. The number of rotatable bonds is 0. The van der Waals surface area contributed by atoms with Gasteiger partial charge in [0.15, 0.2) is 0 Å². The first-order chi connectivity index (χ1) is 6.47. The van der Waals surface area contributed by atoms with Gasteiger partial charge in [-0.1, -0.05) is 0 Å². The average molecular weight is 275 g/mol. The summed E-state index contributed by atoms with van der Waals surface area (Å²) in [6.07, 6.45) is 5.71. The standard InChI is InChI=1S/C10H20N2O.2ClH.H2O/c1-2-4-10-9(3-1)11-5-7-13-8-6-12-10;;;/h9-12H,1-8H2;2*1H;1H2/t9-,10-;;;/m1.../s1. The molecule has 1 aliphatic heterocycles. The third-order valence-electron chi connectivity index (χ3n) is 3.34. The Morgan fingerprint density at radius 1 is 0.812 bits per heavy atom. The van der Waals surface area contributed by atoms with Crippen molar-refractivity contribution in [2.75, 3.05) is 26.3 Å². The highest BCUT2D eigenvalue weighted by Crippen LogP contribution is 2.13. The van der Waals surface area contributed by atoms with E-state index in [1.165, 1.54) is 25.7 Å². The Hall–Kier alpha value is 0.420. The molecule has 6 N–H and O–H groups in total. The van der Waals surface area contributed by atoms with E-state index in [0.29, 0.717) is 0 Å². The number of ether oxygens (including phenoxy) is 1. The molecule has 1 aliphatic carbocycles. The van der Waals surface area contributed by atoms with Crippen molar-refractivity contribution in [3.8, 4) is 0 Å². The molecule has 16 heavy (non-hydrogen) atoms. The summed E-state index contributed by atoms with van der Waals surface area (Å²) < 4.78 is 5.50. The van der Waals surface area contributed by atoms with Gasteiger partial charge in [-0.15, -0.1) is 0 Å². The zero-order valence-electron chi connectivity index (χ0n) is 9.63. The van der Waals surface area contributed by atoms with Gasteiger partial charge in [0.1, 0.15) is 12.1 Å². The molecule has 0 unspecified atom stereocenters. The van der Waals surface area contributed by atoms with E-state index in [-0.39, 0.29) is 30.3 Å². The lowest BCUT2D eigenvalue weighted by atomic mass is 9.90. The molecule has 1 heterocycles. The maximum atomic E-state index is 5.50. The molecule has 2 rings (SSSR count). The number of halogens is 2. The fraction of sp³-hybridized carbons (Fsp3) is 1.00. The van der Waals surface area contributed by atoms with Gasteiger partial charge in [-0.2, -0.15) is 0 Å². The largest absolute Gasteiger partial charge is 1.00 e. The number of hydrogen-bond donors (Lipinski definition) is 2. The van der Waals surface area contributed by atoms with E-state index in [2.05, 4.69) is 10.6 Å². The molecule has 100 valence electrons. The molecule has 2 aliphatic rings. The first kappa shape index (κ1) is 18.8. The van der Waals surface area contributed by atoms with Crippen molar-refractivity contribution in [3.05, 3.63) is 0 Å². The van der Waals surface area contributed by atoms with Crippen LogP contribution in [0.25, 0.3) is 0 Å². The van der Waals surface area contributed by atoms with Crippen LogP contribution >= 0.6 is 0 Å². The van der Waals surface area contributed by atoms with E-state index < -0.39 is 0 Å². The summed E-state index contributed by atoms with van der Waals surface area (Å²) in [4.78, 5) is 0. The number of nitrogens with two attached hydrogens (primary N) is 2. The summed E-state index contributed by atoms with van der Waals surface area (Å²) in [5, 5.41) is 5.01. The van der Waals surface area contributed by atoms with E-state index in [0.717, 1.165) is 38.4 Å². The van der Waals surface area contributed by atoms with Gasteiger partial charge in [0.05, 0.1) is 26.3 Å². The maximum Gasteiger partial charge on any atom is 0.138 e. The van der Waals surface area contributed by atoms with Crippen LogP contribution in [0.3, 0.4) is 0 Å². The third kappa shape index (κ3) is 5.66. The van der Waals surface area contributed by atoms with Gasteiger partial charge in [0, 0.05) is 12.8 Å². The molecule has 0 aromatic rings. The van der Waals surface area contributed by atoms with E-state index in [1.807, 2.05) is 0 Å². The number of fused-ring (bicyclic) bond motifs is 1. The lowest BCUT2D eigenvalue weighted by Crippen LogP contribution is -3.04. The van der Waals surface area contributed by atoms with Gasteiger partial charge < -0.3 is 45.7 Å². The fourth-order valence-electron chi connectivity index (χ4n) is 2.61. The Bertz CT molecular complexity index is 148. The molecule has 0 spiro atoms. The van der Waals surface area contributed by atoms with Crippen molar-refractivity contribution >= 4 is 0 Å². The van der Waals surface area contributed by atoms with Crippen molar-refractivity contribution in [1.82, 2.24) is 0 Å². The van der Waals surface area contributed by atoms with Crippen molar-refractivity contribution in [2.45, 2.75) is 37.8 Å². The van der Waals surface area contributed by atoms with Crippen LogP contribution in [0, 0.1) is 0 Å². The topological polar surface area (TPSA) is 74.0 Å². The third-order valence-corrected chi connectivity index (χ3v) is 3.34. The minimum absolute atomic E-state index is 0. The summed E-state index contributed by atoms with van der Waals surface area (Å²) >= 11 is 0. The van der Waals surface area contributed by atoms with Crippen LogP contribution < -0.4 is 35.4 Å². The number of hydrogen-bond acceptors (Lipinski definition) is 1. The Labute approximate surface area is 110 Å². The second kappa shape index (κ2) is 10.6. The molecular formula is C10H24Cl2N2O2. The summed E-state index contributed by atoms with van der Waals surface area (Å²) in [6, 6.07) is 1.74. The van der Waals surface area contributed by atoms with Crippen molar-refractivity contribution < 1.29 is 45.7 Å². The lowest BCUT2D eigenvalue weighted by molar-refractivity contribution is -0.773. The molecule has 0 radical (unpaired) electrons. The molecule has 0 aromatic heterocycles. The Morgan fingerprint density at radius 3 is 1.69 bits per heavy atom. The summed E-state index contributed by atoms with van der Waals surface area (Å²) in [6.45, 7) is 4.21. The van der Waals surface area contributed by atoms with Crippen LogP contribution in [0.15, 0.2) is 0 Å². The predicted octanol–water partition coefficient (Wildman–Crippen LogP) is -8.36. The number of quaternary nitrogens is 2. The summed E-state index contributed by atoms with van der Waals surface area (Å²) in [5.41, 5.74) is 0. The normalized spacial score (nSPS) is 30.0. The van der Waals surface area contributed by atoms with Gasteiger partial charge >= 0.3 is 0 Å². The first-order valence-corrected chi connectivity index (χ1v) is 5.71. The quantitative estimate of drug-likeness (QED) is 0.453. The van der Waals surface area contributed by atoms with E-state index in [1.54, 1.807) is 0 Å². The summed E-state index contributed by atoms with van der Waals surface area (Å²) in [5.74, 6) is 0. The van der Waals surface area contributed by atoms with Gasteiger partial charge in [0.25, 0.3) is 0 Å². The first-order valence-electron chi connectivity index (χ1n) is 5.71. The summed E-state index contributed by atoms with van der Waals surface area (Å²) in [7, 11) is 0. The lowest BCUT2D eigenvalue weighted by Gasteiger charge is -2.26. The highest BCUT2D eigenvalue weighted by Gasteiger charge is 2.30. The minimum Gasteiger partial charge on any atom is -1.00 e. The molecule has 2 atom stereocenters. The second-order valence-electron chi connectivity index (χ2n) is 4.27. The van der Waals surface area contributed by atoms with Crippen LogP contribution in [0.2, 0.25) is 0 Å². The highest BCUT2D eigenvalue weighted by molar-refractivity contribution is 4.72. The van der Waals surface area contributed by atoms with E-state index in [4.69, 9.17) is 4.74 Å². The van der Waals surface area contributed by atoms with E-state index in [9.17, 15) is 0 Å². The average Bonchev–Trinajstić information content (AvgIpc) is 2.28. The molecule has 2 fully saturated rings. The van der Waals surface area contributed by atoms with Crippen LogP contribution in [-0.4, -0.2) is 43.9 Å². The Morgan fingerprint density at radius 2 is 1.25 bits per heavy atom. The van der Waals surface area contributed by atoms with Crippen LogP contribution in [0.5, 0.6) is 0 Å². The molecule has 0 bridgehead atoms. The molecule has 6 heteroatoms. The monoisotopic (exact) mass is 274 g/mol. The maximum absolute atomic E-state index is 5.50. The Kier molecular flexibility index (Phi) is 12.4. The zero-order valence-corrected chi connectivity index (χ0v) is 11.1. The van der Waals surface area contributed by atoms with Gasteiger partial charge in [0.2, 0.25) is 0 Å². The van der Waals surface area contributed by atoms with Crippen molar-refractivity contribution in [3.63, 3.8) is 0 Å². The highest BCUT2D eigenvalue weighted by atomic mass is 35.5. The van der Waals surface area contributed by atoms with Gasteiger partial charge in [-0.3, -0.25) is 0 Å². The predicted molar refractivity (Wildman–Crippen MR) is 54.1 cm³/mol. The minimum atomic E-state index is 0. The van der Waals surface area contributed by atoms with Crippen LogP contribution in [0.1, 0.15) is 25.7 Å². The second-order valence-corrected chi connectivity index (χ2v) is 4.27.